The summed E-state index contributed by atoms with van der Waals surface area (Å²) in [4.78, 5) is 12.6. The highest BCUT2D eigenvalue weighted by molar-refractivity contribution is 8.00. The van der Waals surface area contributed by atoms with Crippen LogP contribution in [0, 0.1) is 0 Å². The predicted molar refractivity (Wildman–Crippen MR) is 60.3 cm³/mol. The van der Waals surface area contributed by atoms with E-state index in [0.29, 0.717) is 5.25 Å². The van der Waals surface area contributed by atoms with Gasteiger partial charge in [0.25, 0.3) is 0 Å². The van der Waals surface area contributed by atoms with E-state index in [2.05, 4.69) is 0 Å². The molecule has 1 aliphatic heterocycles. The highest BCUT2D eigenvalue weighted by Gasteiger charge is 2.21. The summed E-state index contributed by atoms with van der Waals surface area (Å²) >= 11 is 1.70. The van der Waals surface area contributed by atoms with Crippen LogP contribution in [0.2, 0.25) is 0 Å². The number of hydrogen-bond donors (Lipinski definition) is 1. The molecule has 1 aromatic carbocycles. The van der Waals surface area contributed by atoms with Crippen molar-refractivity contribution in [3.8, 4) is 0 Å². The van der Waals surface area contributed by atoms with Gasteiger partial charge in [0.15, 0.2) is 5.78 Å². The summed E-state index contributed by atoms with van der Waals surface area (Å²) in [6.07, 6.45) is 0. The maximum Gasteiger partial charge on any atom is 0.177 e. The normalized spacial score (nSPS) is 16.1. The van der Waals surface area contributed by atoms with Gasteiger partial charge in [-0.2, -0.15) is 0 Å². The molecule has 1 fully saturated rings. The van der Waals surface area contributed by atoms with Gasteiger partial charge in [0.05, 0.1) is 25.0 Å². The average Bonchev–Trinajstić information content (AvgIpc) is 2.23. The Morgan fingerprint density at radius 1 is 1.47 bits per heavy atom. The smallest absolute Gasteiger partial charge is 0.177 e. The molecule has 0 aliphatic carbocycles. The number of benzene rings is 1. The Bertz CT molecular complexity index is 363. The molecule has 2 rings (SSSR count). The number of ketones is 1. The van der Waals surface area contributed by atoms with Crippen molar-refractivity contribution in [3.05, 3.63) is 29.8 Å². The lowest BCUT2D eigenvalue weighted by Crippen LogP contribution is -2.30. The van der Waals surface area contributed by atoms with Gasteiger partial charge in [0.2, 0.25) is 0 Å². The summed E-state index contributed by atoms with van der Waals surface area (Å²) in [5.74, 6) is -0.00154. The van der Waals surface area contributed by atoms with Crippen LogP contribution in [-0.2, 0) is 4.74 Å². The number of ether oxygens (including phenoxy) is 1. The summed E-state index contributed by atoms with van der Waals surface area (Å²) in [6, 6.07) is 7.60. The maximum absolute atomic E-state index is 11.6. The lowest BCUT2D eigenvalue weighted by atomic mass is 10.1. The minimum Gasteiger partial charge on any atom is -0.379 e. The molecule has 4 heteroatoms. The molecule has 0 amide bonds. The van der Waals surface area contributed by atoms with Crippen LogP contribution in [0.5, 0.6) is 0 Å². The summed E-state index contributed by atoms with van der Waals surface area (Å²) in [6.45, 7) is 1.62. The second-order valence-corrected chi connectivity index (χ2v) is 4.74. The van der Waals surface area contributed by atoms with E-state index in [9.17, 15) is 4.79 Å². The fourth-order valence-corrected chi connectivity index (χ4v) is 2.53. The van der Waals surface area contributed by atoms with Crippen molar-refractivity contribution in [1.29, 1.82) is 0 Å². The van der Waals surface area contributed by atoms with E-state index in [1.54, 1.807) is 11.8 Å². The SMILES string of the molecule is NCC(=O)c1ccccc1SC1COC1. The van der Waals surface area contributed by atoms with Crippen molar-refractivity contribution in [1.82, 2.24) is 0 Å². The Kier molecular flexibility index (Phi) is 3.41. The van der Waals surface area contributed by atoms with Gasteiger partial charge in [-0.3, -0.25) is 4.79 Å². The summed E-state index contributed by atoms with van der Waals surface area (Å²) < 4.78 is 5.10. The third-order valence-electron chi connectivity index (χ3n) is 2.27. The van der Waals surface area contributed by atoms with Crippen LogP contribution >= 0.6 is 11.8 Å². The number of Topliss-reactive ketones (excluding diaryl/α,β-unsaturated/α-hetero) is 1. The zero-order chi connectivity index (χ0) is 10.7. The first kappa shape index (κ1) is 10.7. The van der Waals surface area contributed by atoms with E-state index in [0.717, 1.165) is 23.7 Å². The number of nitrogens with two attached hydrogens (primary N) is 1. The molecule has 0 radical (unpaired) electrons. The molecule has 0 spiro atoms. The lowest BCUT2D eigenvalue weighted by Gasteiger charge is -2.25. The quantitative estimate of drug-likeness (QED) is 0.782. The minimum absolute atomic E-state index is 0.00154. The van der Waals surface area contributed by atoms with E-state index in [1.165, 1.54) is 0 Å². The number of hydrogen-bond acceptors (Lipinski definition) is 4. The average molecular weight is 223 g/mol. The third-order valence-corrected chi connectivity index (χ3v) is 3.49. The van der Waals surface area contributed by atoms with Gasteiger partial charge in [-0.1, -0.05) is 18.2 Å². The summed E-state index contributed by atoms with van der Waals surface area (Å²) in [7, 11) is 0. The first-order valence-corrected chi connectivity index (χ1v) is 5.76. The molecule has 15 heavy (non-hydrogen) atoms. The van der Waals surface area contributed by atoms with Crippen molar-refractivity contribution >= 4 is 17.5 Å². The molecule has 1 aromatic rings. The Labute approximate surface area is 93.0 Å². The molecule has 0 unspecified atom stereocenters. The molecular formula is C11H13NO2S. The number of rotatable bonds is 4. The molecule has 2 N–H and O–H groups in total. The van der Waals surface area contributed by atoms with Crippen molar-refractivity contribution in [2.24, 2.45) is 5.73 Å². The monoisotopic (exact) mass is 223 g/mol. The zero-order valence-electron chi connectivity index (χ0n) is 8.31. The highest BCUT2D eigenvalue weighted by Crippen LogP contribution is 2.30. The van der Waals surface area contributed by atoms with E-state index >= 15 is 0 Å². The molecular weight excluding hydrogens is 210 g/mol. The van der Waals surface area contributed by atoms with E-state index in [1.807, 2.05) is 24.3 Å². The molecule has 80 valence electrons. The van der Waals surface area contributed by atoms with Crippen LogP contribution in [0.1, 0.15) is 10.4 Å². The Morgan fingerprint density at radius 3 is 2.80 bits per heavy atom. The van der Waals surface area contributed by atoms with Gasteiger partial charge in [-0.15, -0.1) is 11.8 Å². The highest BCUT2D eigenvalue weighted by atomic mass is 32.2. The molecule has 0 aromatic heterocycles. The molecule has 1 saturated heterocycles. The summed E-state index contributed by atoms with van der Waals surface area (Å²) in [5.41, 5.74) is 6.10. The fourth-order valence-electron chi connectivity index (χ4n) is 1.37. The second-order valence-electron chi connectivity index (χ2n) is 3.40. The molecule has 0 saturated carbocycles. The first-order chi connectivity index (χ1) is 7.31. The van der Waals surface area contributed by atoms with Crippen LogP contribution in [-0.4, -0.2) is 30.8 Å². The maximum atomic E-state index is 11.6. The molecule has 0 atom stereocenters. The third kappa shape index (κ3) is 2.40. The van der Waals surface area contributed by atoms with Crippen LogP contribution in [0.4, 0.5) is 0 Å². The second kappa shape index (κ2) is 4.79. The van der Waals surface area contributed by atoms with Crippen LogP contribution in [0.3, 0.4) is 0 Å². The fraction of sp³-hybridized carbons (Fsp3) is 0.364. The number of thioether (sulfide) groups is 1. The van der Waals surface area contributed by atoms with E-state index in [4.69, 9.17) is 10.5 Å². The topological polar surface area (TPSA) is 52.3 Å². The number of carbonyl (C=O) groups is 1. The van der Waals surface area contributed by atoms with E-state index in [-0.39, 0.29) is 12.3 Å². The summed E-state index contributed by atoms with van der Waals surface area (Å²) in [5, 5.41) is 0.483. The van der Waals surface area contributed by atoms with Gasteiger partial charge in [-0.25, -0.2) is 0 Å². The van der Waals surface area contributed by atoms with Gasteiger partial charge < -0.3 is 10.5 Å². The van der Waals surface area contributed by atoms with Crippen molar-refractivity contribution in [3.63, 3.8) is 0 Å². The van der Waals surface area contributed by atoms with Crippen LogP contribution < -0.4 is 5.73 Å². The Morgan fingerprint density at radius 2 is 2.20 bits per heavy atom. The van der Waals surface area contributed by atoms with Gasteiger partial charge in [0.1, 0.15) is 0 Å². The molecule has 0 bridgehead atoms. The van der Waals surface area contributed by atoms with Crippen molar-refractivity contribution in [2.45, 2.75) is 10.1 Å². The van der Waals surface area contributed by atoms with Crippen LogP contribution in [0.15, 0.2) is 29.2 Å². The van der Waals surface area contributed by atoms with Crippen molar-refractivity contribution in [2.75, 3.05) is 19.8 Å². The van der Waals surface area contributed by atoms with Gasteiger partial charge >= 0.3 is 0 Å². The van der Waals surface area contributed by atoms with E-state index < -0.39 is 0 Å². The first-order valence-electron chi connectivity index (χ1n) is 4.88. The molecule has 3 nitrogen and oxygen atoms in total. The van der Waals surface area contributed by atoms with Crippen LogP contribution in [0.25, 0.3) is 0 Å². The Balaban J connectivity index is 2.16. The van der Waals surface area contributed by atoms with Crippen molar-refractivity contribution < 1.29 is 9.53 Å². The lowest BCUT2D eigenvalue weighted by molar-refractivity contribution is 0.0455. The van der Waals surface area contributed by atoms with Gasteiger partial charge in [0, 0.05) is 10.5 Å². The number of carbonyl (C=O) groups excluding carboxylic acids is 1. The molecule has 1 aliphatic rings. The predicted octanol–water partition coefficient (Wildman–Crippen LogP) is 1.32. The minimum atomic E-state index is -0.00154. The standard InChI is InChI=1S/C11H13NO2S/c12-5-10(13)9-3-1-2-4-11(9)15-8-6-14-7-8/h1-4,8H,5-7,12H2. The largest absolute Gasteiger partial charge is 0.379 e. The van der Waals surface area contributed by atoms with Gasteiger partial charge in [-0.05, 0) is 6.07 Å². The Hall–Kier alpha value is -0.840. The molecule has 1 heterocycles. The zero-order valence-corrected chi connectivity index (χ0v) is 9.13.